The smallest absolute Gasteiger partial charge is 0.0633 e. The van der Waals surface area contributed by atoms with Crippen LogP contribution in [-0.4, -0.2) is 23.5 Å². The highest BCUT2D eigenvalue weighted by atomic mass is 32.3. The van der Waals surface area contributed by atoms with Crippen LogP contribution in [0.2, 0.25) is 0 Å². The van der Waals surface area contributed by atoms with Gasteiger partial charge in [0.2, 0.25) is 0 Å². The van der Waals surface area contributed by atoms with Gasteiger partial charge in [-0.1, -0.05) is 0 Å². The van der Waals surface area contributed by atoms with Crippen molar-refractivity contribution in [3.63, 3.8) is 0 Å². The van der Waals surface area contributed by atoms with E-state index in [4.69, 9.17) is 5.26 Å². The summed E-state index contributed by atoms with van der Waals surface area (Å²) in [7, 11) is -0.242. The van der Waals surface area contributed by atoms with Crippen molar-refractivity contribution in [2.45, 2.75) is 11.7 Å². The third-order valence-corrected chi connectivity index (χ3v) is 4.69. The molecule has 0 N–H and O–H groups in total. The van der Waals surface area contributed by atoms with Crippen LogP contribution in [0.1, 0.15) is 6.42 Å². The Morgan fingerprint density at radius 3 is 2.38 bits per heavy atom. The first kappa shape index (κ1) is 5.97. The second-order valence-corrected chi connectivity index (χ2v) is 7.02. The van der Waals surface area contributed by atoms with E-state index in [2.05, 4.69) is 18.6 Å². The van der Waals surface area contributed by atoms with Gasteiger partial charge in [-0.3, -0.25) is 0 Å². The van der Waals surface area contributed by atoms with Crippen LogP contribution in [0.4, 0.5) is 0 Å². The molecule has 0 aromatic rings. The Morgan fingerprint density at radius 1 is 1.75 bits per heavy atom. The highest BCUT2D eigenvalue weighted by molar-refractivity contribution is 8.39. The minimum Gasteiger partial charge on any atom is -0.241 e. The number of nitriles is 1. The fraction of sp³-hybridized carbons (Fsp3) is 0.833. The van der Waals surface area contributed by atoms with Crippen molar-refractivity contribution < 1.29 is 0 Å². The summed E-state index contributed by atoms with van der Waals surface area (Å²) < 4.78 is 0. The molecule has 1 atom stereocenters. The van der Waals surface area contributed by atoms with Gasteiger partial charge in [0.05, 0.1) is 6.07 Å². The lowest BCUT2D eigenvalue weighted by molar-refractivity contribution is 1.08. The third-order valence-electron chi connectivity index (χ3n) is 1.72. The van der Waals surface area contributed by atoms with Crippen LogP contribution in [0.15, 0.2) is 0 Å². The van der Waals surface area contributed by atoms with Crippen LogP contribution < -0.4 is 0 Å². The van der Waals surface area contributed by atoms with E-state index in [1.54, 1.807) is 0 Å². The van der Waals surface area contributed by atoms with E-state index in [0.29, 0.717) is 0 Å². The number of hydrogen-bond acceptors (Lipinski definition) is 1. The van der Waals surface area contributed by atoms with Crippen LogP contribution in [0, 0.1) is 11.3 Å². The lowest BCUT2D eigenvalue weighted by Crippen LogP contribution is -1.81. The molecule has 1 aliphatic heterocycles. The molecule has 0 unspecified atom stereocenters. The number of nitrogens with zero attached hydrogens (tertiary/aromatic N) is 1. The van der Waals surface area contributed by atoms with Gasteiger partial charge in [0, 0.05) is 11.7 Å². The summed E-state index contributed by atoms with van der Waals surface area (Å²) in [5, 5.41) is 9.06. The second kappa shape index (κ2) is 1.66. The molecule has 0 aliphatic carbocycles. The predicted molar refractivity (Wildman–Crippen MR) is 38.3 cm³/mol. The Bertz CT molecular complexity index is 134. The van der Waals surface area contributed by atoms with Crippen molar-refractivity contribution in [3.05, 3.63) is 0 Å². The summed E-state index contributed by atoms with van der Waals surface area (Å²) in [4.78, 5) is 0. The molecule has 1 rings (SSSR count). The van der Waals surface area contributed by atoms with Crippen molar-refractivity contribution in [3.8, 4) is 6.07 Å². The fourth-order valence-electron chi connectivity index (χ4n) is 0.826. The summed E-state index contributed by atoms with van der Waals surface area (Å²) in [5.74, 6) is 1.33. The zero-order chi connectivity index (χ0) is 6.20. The third kappa shape index (κ3) is 0.976. The van der Waals surface area contributed by atoms with Crippen molar-refractivity contribution >= 4 is 10.0 Å². The van der Waals surface area contributed by atoms with Crippen LogP contribution in [-0.2, 0) is 0 Å². The lowest BCUT2D eigenvalue weighted by Gasteiger charge is -2.02. The Balaban J connectivity index is 2.29. The standard InChI is InChI=1S/C6H11NS/c1-8(2)5-6(8)3-4-7/h6H,3,5H2,1-2H3/t6-/m0/s1. The van der Waals surface area contributed by atoms with Gasteiger partial charge in [0.25, 0.3) is 0 Å². The van der Waals surface area contributed by atoms with E-state index in [1.165, 1.54) is 5.75 Å². The molecule has 46 valence electrons. The molecule has 1 heterocycles. The molecule has 1 saturated heterocycles. The van der Waals surface area contributed by atoms with Gasteiger partial charge >= 0.3 is 0 Å². The molecule has 0 saturated carbocycles. The second-order valence-electron chi connectivity index (χ2n) is 2.77. The van der Waals surface area contributed by atoms with Gasteiger partial charge < -0.3 is 0 Å². The zero-order valence-corrected chi connectivity index (χ0v) is 6.16. The summed E-state index contributed by atoms with van der Waals surface area (Å²) in [6.45, 7) is 0. The fourth-order valence-corrected chi connectivity index (χ4v) is 3.17. The summed E-state index contributed by atoms with van der Waals surface area (Å²) >= 11 is 0. The van der Waals surface area contributed by atoms with Gasteiger partial charge in [-0.15, -0.1) is 0 Å². The normalized spacial score (nSPS) is 35.4. The number of hydrogen-bond donors (Lipinski definition) is 0. The van der Waals surface area contributed by atoms with Gasteiger partial charge in [-0.05, 0) is 18.3 Å². The monoisotopic (exact) mass is 129 g/mol. The van der Waals surface area contributed by atoms with Crippen molar-refractivity contribution in [2.24, 2.45) is 0 Å². The van der Waals surface area contributed by atoms with Crippen LogP contribution in [0.3, 0.4) is 0 Å². The van der Waals surface area contributed by atoms with E-state index in [9.17, 15) is 0 Å². The maximum Gasteiger partial charge on any atom is 0.0633 e. The van der Waals surface area contributed by atoms with E-state index in [0.717, 1.165) is 11.7 Å². The zero-order valence-electron chi connectivity index (χ0n) is 5.35. The average molecular weight is 129 g/mol. The van der Waals surface area contributed by atoms with E-state index in [1.807, 2.05) is 0 Å². The first-order valence-electron chi connectivity index (χ1n) is 2.73. The molecule has 0 spiro atoms. The Hall–Kier alpha value is -0.160. The molecule has 0 radical (unpaired) electrons. The highest BCUT2D eigenvalue weighted by Gasteiger charge is 2.39. The SMILES string of the molecule is CS1(C)C[C@@H]1CC#N. The molecule has 1 fully saturated rings. The summed E-state index contributed by atoms with van der Waals surface area (Å²) in [5.41, 5.74) is 0. The Labute approximate surface area is 52.0 Å². The first-order chi connectivity index (χ1) is 3.67. The van der Waals surface area contributed by atoms with E-state index >= 15 is 0 Å². The number of rotatable bonds is 1. The van der Waals surface area contributed by atoms with Crippen molar-refractivity contribution in [1.82, 2.24) is 0 Å². The van der Waals surface area contributed by atoms with Gasteiger partial charge in [-0.2, -0.15) is 5.26 Å². The van der Waals surface area contributed by atoms with Crippen molar-refractivity contribution in [1.29, 1.82) is 5.26 Å². The van der Waals surface area contributed by atoms with Crippen LogP contribution >= 0.6 is 10.0 Å². The van der Waals surface area contributed by atoms with E-state index in [-0.39, 0.29) is 10.0 Å². The molecular weight excluding hydrogens is 118 g/mol. The van der Waals surface area contributed by atoms with Crippen molar-refractivity contribution in [2.75, 3.05) is 18.3 Å². The van der Waals surface area contributed by atoms with Crippen LogP contribution in [0.25, 0.3) is 0 Å². The largest absolute Gasteiger partial charge is 0.241 e. The average Bonchev–Trinajstić information content (AvgIpc) is 2.15. The van der Waals surface area contributed by atoms with Gasteiger partial charge in [0.15, 0.2) is 0 Å². The molecule has 0 aromatic carbocycles. The molecule has 8 heavy (non-hydrogen) atoms. The van der Waals surface area contributed by atoms with E-state index < -0.39 is 0 Å². The predicted octanol–water partition coefficient (Wildman–Crippen LogP) is 1.35. The minimum absolute atomic E-state index is 0.242. The quantitative estimate of drug-likeness (QED) is 0.490. The maximum atomic E-state index is 8.27. The highest BCUT2D eigenvalue weighted by Crippen LogP contribution is 2.63. The van der Waals surface area contributed by atoms with Gasteiger partial charge in [0.1, 0.15) is 0 Å². The molecule has 0 bridgehead atoms. The Kier molecular flexibility index (Phi) is 1.24. The van der Waals surface area contributed by atoms with Crippen LogP contribution in [0.5, 0.6) is 0 Å². The van der Waals surface area contributed by atoms with Gasteiger partial charge in [-0.25, -0.2) is 10.0 Å². The maximum absolute atomic E-state index is 8.27. The lowest BCUT2D eigenvalue weighted by atomic mass is 10.4. The Morgan fingerprint density at radius 2 is 2.25 bits per heavy atom. The molecule has 1 nitrogen and oxygen atoms in total. The molecule has 2 heteroatoms. The molecule has 0 aromatic heterocycles. The topological polar surface area (TPSA) is 23.8 Å². The summed E-state index contributed by atoms with van der Waals surface area (Å²) in [6.07, 6.45) is 5.40. The minimum atomic E-state index is -0.242. The first-order valence-corrected chi connectivity index (χ1v) is 5.42. The molecule has 1 aliphatic rings. The molecular formula is C6H11NS. The molecule has 0 amide bonds. The summed E-state index contributed by atoms with van der Waals surface area (Å²) in [6, 6.07) is 2.21.